The Kier molecular flexibility index (Phi) is 5.83. The Morgan fingerprint density at radius 2 is 1.27 bits per heavy atom. The summed E-state index contributed by atoms with van der Waals surface area (Å²) in [6.07, 6.45) is 0. The monoisotopic (exact) mass is 498 g/mol. The van der Waals surface area contributed by atoms with E-state index in [0.717, 1.165) is 0 Å². The topological polar surface area (TPSA) is 113 Å². The molecule has 2 aliphatic heterocycles. The number of hydrogen-bond donors (Lipinski definition) is 0. The lowest BCUT2D eigenvalue weighted by Gasteiger charge is -2.36. The van der Waals surface area contributed by atoms with Crippen molar-refractivity contribution in [3.05, 3.63) is 82.9 Å². The minimum Gasteiger partial charge on any atom is -0.456 e. The number of hydrogen-bond acceptors (Lipinski definition) is 9. The highest BCUT2D eigenvalue weighted by Gasteiger charge is 2.53. The third-order valence-electron chi connectivity index (χ3n) is 6.34. The summed E-state index contributed by atoms with van der Waals surface area (Å²) in [5.41, 5.74) is 1.27. The zero-order chi connectivity index (χ0) is 26.3. The van der Waals surface area contributed by atoms with Crippen molar-refractivity contribution in [2.45, 2.75) is 19.4 Å². The summed E-state index contributed by atoms with van der Waals surface area (Å²) in [4.78, 5) is 45.2. The van der Waals surface area contributed by atoms with Gasteiger partial charge in [0.25, 0.3) is 0 Å². The standard InChI is InChI=1S/C28H22N2O7/c1-15(29-3)25(31)34-17-9-11-21-23(13-17)36-24-14-18(35-26(32)16(2)30-4)10-12-22(24)28(21)20-8-6-5-7-19(20)27(33)37-28/h5-14H,1-4H3. The maximum atomic E-state index is 13.0. The van der Waals surface area contributed by atoms with Gasteiger partial charge in [-0.25, -0.2) is 14.4 Å². The van der Waals surface area contributed by atoms with Crippen molar-refractivity contribution in [2.75, 3.05) is 14.1 Å². The average Bonchev–Trinajstić information content (AvgIpc) is 3.20. The molecule has 1 spiro atoms. The first-order chi connectivity index (χ1) is 17.8. The van der Waals surface area contributed by atoms with E-state index in [9.17, 15) is 14.4 Å². The van der Waals surface area contributed by atoms with Gasteiger partial charge < -0.3 is 18.9 Å². The fourth-order valence-corrected chi connectivity index (χ4v) is 4.31. The lowest BCUT2D eigenvalue weighted by atomic mass is 9.77. The van der Waals surface area contributed by atoms with Crippen molar-refractivity contribution >= 4 is 29.3 Å². The van der Waals surface area contributed by atoms with E-state index in [4.69, 9.17) is 18.9 Å². The van der Waals surface area contributed by atoms with Gasteiger partial charge in [-0.05, 0) is 44.2 Å². The molecule has 0 atom stereocenters. The van der Waals surface area contributed by atoms with Crippen LogP contribution in [-0.2, 0) is 19.9 Å². The van der Waals surface area contributed by atoms with Gasteiger partial charge in [0.2, 0.25) is 0 Å². The van der Waals surface area contributed by atoms with Gasteiger partial charge in [0.1, 0.15) is 34.4 Å². The lowest BCUT2D eigenvalue weighted by Crippen LogP contribution is -2.33. The summed E-state index contributed by atoms with van der Waals surface area (Å²) in [5, 5.41) is 0. The van der Waals surface area contributed by atoms with Crippen LogP contribution in [0.5, 0.6) is 23.0 Å². The molecule has 0 aliphatic carbocycles. The molecule has 0 fully saturated rings. The van der Waals surface area contributed by atoms with Crippen molar-refractivity contribution in [1.82, 2.24) is 0 Å². The van der Waals surface area contributed by atoms with Gasteiger partial charge in [-0.2, -0.15) is 0 Å². The second-order valence-corrected chi connectivity index (χ2v) is 8.43. The van der Waals surface area contributed by atoms with Crippen molar-refractivity contribution in [1.29, 1.82) is 0 Å². The summed E-state index contributed by atoms with van der Waals surface area (Å²) < 4.78 is 23.2. The van der Waals surface area contributed by atoms with Gasteiger partial charge in [0.05, 0.1) is 5.56 Å². The first-order valence-corrected chi connectivity index (χ1v) is 11.4. The Bertz CT molecular complexity index is 1460. The highest BCUT2D eigenvalue weighted by atomic mass is 16.6. The fourth-order valence-electron chi connectivity index (χ4n) is 4.31. The minimum atomic E-state index is -1.32. The molecule has 2 aliphatic rings. The van der Waals surface area contributed by atoms with E-state index in [1.807, 2.05) is 12.1 Å². The van der Waals surface area contributed by atoms with Gasteiger partial charge >= 0.3 is 17.9 Å². The van der Waals surface area contributed by atoms with Crippen molar-refractivity contribution in [3.8, 4) is 23.0 Å². The van der Waals surface area contributed by atoms with Crippen LogP contribution in [0.15, 0.2) is 70.6 Å². The SMILES string of the molecule is CN=C(C)C(=O)Oc1ccc2c(c1)Oc1cc(OC(=O)C(C)=NC)ccc1C21OC(=O)c2ccccc21. The number of benzene rings is 3. The van der Waals surface area contributed by atoms with E-state index in [2.05, 4.69) is 9.98 Å². The van der Waals surface area contributed by atoms with Crippen LogP contribution in [0.3, 0.4) is 0 Å². The first-order valence-electron chi connectivity index (χ1n) is 11.4. The molecule has 0 aromatic heterocycles. The van der Waals surface area contributed by atoms with E-state index < -0.39 is 23.5 Å². The third-order valence-corrected chi connectivity index (χ3v) is 6.34. The van der Waals surface area contributed by atoms with Crippen LogP contribution in [0, 0.1) is 0 Å². The number of fused-ring (bicyclic) bond motifs is 6. The van der Waals surface area contributed by atoms with Crippen LogP contribution in [0.25, 0.3) is 0 Å². The predicted octanol–water partition coefficient (Wildman–Crippen LogP) is 4.25. The van der Waals surface area contributed by atoms with Crippen molar-refractivity contribution in [2.24, 2.45) is 9.98 Å². The second kappa shape index (κ2) is 9.02. The highest BCUT2D eigenvalue weighted by Crippen LogP contribution is 2.57. The predicted molar refractivity (Wildman–Crippen MR) is 134 cm³/mol. The van der Waals surface area contributed by atoms with E-state index in [0.29, 0.717) is 33.8 Å². The fraction of sp³-hybridized carbons (Fsp3) is 0.179. The van der Waals surface area contributed by atoms with Crippen molar-refractivity contribution in [3.63, 3.8) is 0 Å². The van der Waals surface area contributed by atoms with E-state index in [-0.39, 0.29) is 22.9 Å². The molecule has 186 valence electrons. The molecule has 0 unspecified atom stereocenters. The number of ether oxygens (including phenoxy) is 4. The van der Waals surface area contributed by atoms with Crippen LogP contribution in [0.4, 0.5) is 0 Å². The summed E-state index contributed by atoms with van der Waals surface area (Å²) in [6.45, 7) is 3.09. The minimum absolute atomic E-state index is 0.205. The van der Waals surface area contributed by atoms with Gasteiger partial charge in [-0.3, -0.25) is 9.98 Å². The zero-order valence-corrected chi connectivity index (χ0v) is 20.5. The number of aliphatic imine (C=N–C) groups is 2. The first kappa shape index (κ1) is 23.9. The van der Waals surface area contributed by atoms with Crippen molar-refractivity contribution < 1.29 is 33.3 Å². The molecule has 0 radical (unpaired) electrons. The number of esters is 3. The van der Waals surface area contributed by atoms with Gasteiger partial charge in [-0.15, -0.1) is 0 Å². The van der Waals surface area contributed by atoms with Gasteiger partial charge in [-0.1, -0.05) is 18.2 Å². The average molecular weight is 498 g/mol. The quantitative estimate of drug-likeness (QED) is 0.300. The molecule has 3 aromatic rings. The van der Waals surface area contributed by atoms with Crippen LogP contribution < -0.4 is 14.2 Å². The normalized spacial score (nSPS) is 17.8. The molecule has 0 N–H and O–H groups in total. The Balaban J connectivity index is 1.66. The molecule has 37 heavy (non-hydrogen) atoms. The largest absolute Gasteiger partial charge is 0.456 e. The number of carbonyl (C=O) groups excluding carboxylic acids is 3. The van der Waals surface area contributed by atoms with Crippen LogP contribution in [-0.4, -0.2) is 43.4 Å². The molecule has 0 amide bonds. The molecule has 3 aromatic carbocycles. The number of nitrogens with zero attached hydrogens (tertiary/aromatic N) is 2. The van der Waals surface area contributed by atoms with Crippen LogP contribution in [0.2, 0.25) is 0 Å². The Morgan fingerprint density at radius 3 is 1.78 bits per heavy atom. The molecule has 0 saturated carbocycles. The molecule has 5 rings (SSSR count). The molecular formula is C28H22N2O7. The number of carbonyl (C=O) groups is 3. The molecule has 9 nitrogen and oxygen atoms in total. The molecular weight excluding hydrogens is 476 g/mol. The lowest BCUT2D eigenvalue weighted by molar-refractivity contribution is -0.127. The maximum absolute atomic E-state index is 13.0. The summed E-state index contributed by atoms with van der Waals surface area (Å²) in [6, 6.07) is 16.8. The van der Waals surface area contributed by atoms with E-state index >= 15 is 0 Å². The smallest absolute Gasteiger partial charge is 0.357 e. The van der Waals surface area contributed by atoms with Crippen LogP contribution in [0.1, 0.15) is 40.9 Å². The molecule has 0 saturated heterocycles. The summed E-state index contributed by atoms with van der Waals surface area (Å²) >= 11 is 0. The Hall–Kier alpha value is -4.79. The summed E-state index contributed by atoms with van der Waals surface area (Å²) in [5.74, 6) is -0.627. The van der Waals surface area contributed by atoms with Crippen LogP contribution >= 0.6 is 0 Å². The van der Waals surface area contributed by atoms with E-state index in [1.54, 1.807) is 62.4 Å². The number of rotatable bonds is 4. The zero-order valence-electron chi connectivity index (χ0n) is 20.5. The highest BCUT2D eigenvalue weighted by molar-refractivity contribution is 6.36. The molecule has 0 bridgehead atoms. The summed E-state index contributed by atoms with van der Waals surface area (Å²) in [7, 11) is 2.99. The van der Waals surface area contributed by atoms with E-state index in [1.165, 1.54) is 14.1 Å². The Labute approximate surface area is 212 Å². The maximum Gasteiger partial charge on any atom is 0.357 e. The second-order valence-electron chi connectivity index (χ2n) is 8.43. The molecule has 2 heterocycles. The molecule has 9 heteroatoms. The Morgan fingerprint density at radius 1 is 0.757 bits per heavy atom. The van der Waals surface area contributed by atoms with Gasteiger partial charge in [0.15, 0.2) is 5.60 Å². The van der Waals surface area contributed by atoms with Gasteiger partial charge in [0, 0.05) is 42.9 Å². The third kappa shape index (κ3) is 3.85.